The minimum atomic E-state index is 0.753. The van der Waals surface area contributed by atoms with Gasteiger partial charge >= 0.3 is 0 Å². The van der Waals surface area contributed by atoms with E-state index < -0.39 is 0 Å². The van der Waals surface area contributed by atoms with E-state index in [0.717, 1.165) is 36.5 Å². The molecule has 0 spiro atoms. The number of hydrogen-bond donors (Lipinski definition) is 0. The first-order valence-electron chi connectivity index (χ1n) is 7.97. The van der Waals surface area contributed by atoms with Crippen LogP contribution >= 0.6 is 0 Å². The molecule has 106 valence electrons. The molecule has 0 bridgehead atoms. The van der Waals surface area contributed by atoms with Crippen LogP contribution in [0.5, 0.6) is 5.75 Å². The summed E-state index contributed by atoms with van der Waals surface area (Å²) in [6.45, 7) is 7.71. The summed E-state index contributed by atoms with van der Waals surface area (Å²) >= 11 is 0. The van der Waals surface area contributed by atoms with Crippen LogP contribution in [-0.2, 0) is 0 Å². The predicted molar refractivity (Wildman–Crippen MR) is 81.8 cm³/mol. The standard InChI is InChI=1S/C18H28O/c1-4-12-19-17-9-7-16(8-10-17)18-11-6-15(5-2)13-14(18)3/h7-10,14-15,18H,4-6,11-13H2,1-3H3. The molecule has 0 aliphatic heterocycles. The van der Waals surface area contributed by atoms with E-state index in [2.05, 4.69) is 45.0 Å². The Morgan fingerprint density at radius 2 is 1.84 bits per heavy atom. The number of hydrogen-bond acceptors (Lipinski definition) is 1. The van der Waals surface area contributed by atoms with E-state index in [-0.39, 0.29) is 0 Å². The summed E-state index contributed by atoms with van der Waals surface area (Å²) < 4.78 is 5.66. The summed E-state index contributed by atoms with van der Waals surface area (Å²) in [5.74, 6) is 3.54. The van der Waals surface area contributed by atoms with Gasteiger partial charge in [-0.1, -0.05) is 39.3 Å². The SMILES string of the molecule is CCCOc1ccc(C2CCC(CC)CC2C)cc1. The van der Waals surface area contributed by atoms with Gasteiger partial charge < -0.3 is 4.74 Å². The van der Waals surface area contributed by atoms with Gasteiger partial charge in [-0.15, -0.1) is 0 Å². The molecule has 1 aromatic carbocycles. The van der Waals surface area contributed by atoms with Crippen LogP contribution in [0.25, 0.3) is 0 Å². The third-order valence-corrected chi connectivity index (χ3v) is 4.64. The van der Waals surface area contributed by atoms with Gasteiger partial charge in [-0.25, -0.2) is 0 Å². The lowest BCUT2D eigenvalue weighted by molar-refractivity contribution is 0.242. The van der Waals surface area contributed by atoms with Crippen molar-refractivity contribution in [2.45, 2.75) is 58.8 Å². The molecule has 1 saturated carbocycles. The van der Waals surface area contributed by atoms with Crippen LogP contribution in [-0.4, -0.2) is 6.61 Å². The number of rotatable bonds is 5. The van der Waals surface area contributed by atoms with Crippen LogP contribution in [0, 0.1) is 11.8 Å². The Morgan fingerprint density at radius 1 is 1.11 bits per heavy atom. The lowest BCUT2D eigenvalue weighted by Gasteiger charge is -2.34. The molecule has 1 aliphatic carbocycles. The molecule has 1 nitrogen and oxygen atoms in total. The highest BCUT2D eigenvalue weighted by Gasteiger charge is 2.27. The second-order valence-corrected chi connectivity index (χ2v) is 6.09. The van der Waals surface area contributed by atoms with Crippen molar-refractivity contribution in [3.8, 4) is 5.75 Å². The van der Waals surface area contributed by atoms with Crippen LogP contribution in [0.2, 0.25) is 0 Å². The summed E-state index contributed by atoms with van der Waals surface area (Å²) in [6, 6.07) is 8.84. The fraction of sp³-hybridized carbons (Fsp3) is 0.667. The van der Waals surface area contributed by atoms with Crippen LogP contribution in [0.4, 0.5) is 0 Å². The highest BCUT2D eigenvalue weighted by molar-refractivity contribution is 5.30. The molecule has 0 amide bonds. The van der Waals surface area contributed by atoms with Gasteiger partial charge in [0.05, 0.1) is 6.61 Å². The lowest BCUT2D eigenvalue weighted by atomic mass is 9.71. The zero-order chi connectivity index (χ0) is 13.7. The molecule has 3 unspecified atom stereocenters. The number of ether oxygens (including phenoxy) is 1. The first-order valence-corrected chi connectivity index (χ1v) is 7.97. The van der Waals surface area contributed by atoms with Crippen molar-refractivity contribution in [1.29, 1.82) is 0 Å². The molecule has 3 atom stereocenters. The van der Waals surface area contributed by atoms with Gasteiger partial charge in [-0.05, 0) is 61.1 Å². The van der Waals surface area contributed by atoms with Gasteiger partial charge in [0.25, 0.3) is 0 Å². The van der Waals surface area contributed by atoms with Gasteiger partial charge in [-0.2, -0.15) is 0 Å². The molecule has 0 saturated heterocycles. The second kappa shape index (κ2) is 6.98. The molecule has 1 fully saturated rings. The van der Waals surface area contributed by atoms with Gasteiger partial charge in [0.2, 0.25) is 0 Å². The highest BCUT2D eigenvalue weighted by Crippen LogP contribution is 2.41. The monoisotopic (exact) mass is 260 g/mol. The lowest BCUT2D eigenvalue weighted by Crippen LogP contribution is -2.21. The largest absolute Gasteiger partial charge is 0.494 e. The third-order valence-electron chi connectivity index (χ3n) is 4.64. The Balaban J connectivity index is 1.98. The third kappa shape index (κ3) is 3.75. The molecule has 2 rings (SSSR count). The molecule has 1 heteroatoms. The zero-order valence-corrected chi connectivity index (χ0v) is 12.7. The summed E-state index contributed by atoms with van der Waals surface area (Å²) in [6.07, 6.45) is 6.57. The Bertz CT molecular complexity index is 368. The van der Waals surface area contributed by atoms with E-state index in [1.54, 1.807) is 0 Å². The minimum Gasteiger partial charge on any atom is -0.494 e. The van der Waals surface area contributed by atoms with Gasteiger partial charge in [0.1, 0.15) is 5.75 Å². The van der Waals surface area contributed by atoms with Crippen molar-refractivity contribution < 1.29 is 4.74 Å². The average molecular weight is 260 g/mol. The van der Waals surface area contributed by atoms with Crippen molar-refractivity contribution in [1.82, 2.24) is 0 Å². The Kier molecular flexibility index (Phi) is 5.30. The van der Waals surface area contributed by atoms with E-state index in [1.165, 1.54) is 31.2 Å². The molecule has 0 aromatic heterocycles. The maximum atomic E-state index is 5.66. The zero-order valence-electron chi connectivity index (χ0n) is 12.7. The van der Waals surface area contributed by atoms with Crippen LogP contribution in [0.3, 0.4) is 0 Å². The highest BCUT2D eigenvalue weighted by atomic mass is 16.5. The molecule has 19 heavy (non-hydrogen) atoms. The van der Waals surface area contributed by atoms with E-state index in [1.807, 2.05) is 0 Å². The molecule has 0 N–H and O–H groups in total. The normalized spacial score (nSPS) is 27.2. The Labute approximate surface area is 118 Å². The number of benzene rings is 1. The van der Waals surface area contributed by atoms with Crippen molar-refractivity contribution in [2.75, 3.05) is 6.61 Å². The van der Waals surface area contributed by atoms with Crippen LogP contribution < -0.4 is 4.74 Å². The fourth-order valence-corrected chi connectivity index (χ4v) is 3.40. The summed E-state index contributed by atoms with van der Waals surface area (Å²) in [5, 5.41) is 0. The second-order valence-electron chi connectivity index (χ2n) is 6.09. The molecule has 1 aromatic rings. The van der Waals surface area contributed by atoms with E-state index in [0.29, 0.717) is 0 Å². The molecule has 0 heterocycles. The van der Waals surface area contributed by atoms with Crippen LogP contribution in [0.15, 0.2) is 24.3 Å². The van der Waals surface area contributed by atoms with Crippen molar-refractivity contribution in [2.24, 2.45) is 11.8 Å². The van der Waals surface area contributed by atoms with Gasteiger partial charge in [0, 0.05) is 0 Å². The van der Waals surface area contributed by atoms with Crippen LogP contribution in [0.1, 0.15) is 64.4 Å². The fourth-order valence-electron chi connectivity index (χ4n) is 3.40. The van der Waals surface area contributed by atoms with E-state index >= 15 is 0 Å². The summed E-state index contributed by atoms with van der Waals surface area (Å²) in [4.78, 5) is 0. The molecular weight excluding hydrogens is 232 g/mol. The first kappa shape index (κ1) is 14.4. The van der Waals surface area contributed by atoms with Crippen molar-refractivity contribution >= 4 is 0 Å². The maximum Gasteiger partial charge on any atom is 0.119 e. The smallest absolute Gasteiger partial charge is 0.119 e. The maximum absolute atomic E-state index is 5.66. The molecule has 0 radical (unpaired) electrons. The Morgan fingerprint density at radius 3 is 2.42 bits per heavy atom. The molecular formula is C18H28O. The molecule has 1 aliphatic rings. The van der Waals surface area contributed by atoms with Gasteiger partial charge in [-0.3, -0.25) is 0 Å². The average Bonchev–Trinajstić information content (AvgIpc) is 2.45. The van der Waals surface area contributed by atoms with E-state index in [4.69, 9.17) is 4.74 Å². The first-order chi connectivity index (χ1) is 9.24. The topological polar surface area (TPSA) is 9.23 Å². The van der Waals surface area contributed by atoms with Crippen molar-refractivity contribution in [3.63, 3.8) is 0 Å². The summed E-state index contributed by atoms with van der Waals surface area (Å²) in [5.41, 5.74) is 1.51. The quantitative estimate of drug-likeness (QED) is 0.688. The van der Waals surface area contributed by atoms with E-state index in [9.17, 15) is 0 Å². The summed E-state index contributed by atoms with van der Waals surface area (Å²) in [7, 11) is 0. The van der Waals surface area contributed by atoms with Gasteiger partial charge in [0.15, 0.2) is 0 Å². The van der Waals surface area contributed by atoms with Crippen molar-refractivity contribution in [3.05, 3.63) is 29.8 Å². The Hall–Kier alpha value is -0.980. The predicted octanol–water partition coefficient (Wildman–Crippen LogP) is 5.41. The minimum absolute atomic E-state index is 0.753.